The van der Waals surface area contributed by atoms with Crippen LogP contribution in [-0.4, -0.2) is 44.4 Å². The van der Waals surface area contributed by atoms with Gasteiger partial charge in [-0.2, -0.15) is 0 Å². The third kappa shape index (κ3) is 2.82. The molecule has 3 heterocycles. The fourth-order valence-corrected chi connectivity index (χ4v) is 4.74. The second kappa shape index (κ2) is 6.94. The van der Waals surface area contributed by atoms with Gasteiger partial charge in [0, 0.05) is 13.0 Å². The van der Waals surface area contributed by atoms with Gasteiger partial charge in [0.1, 0.15) is 12.2 Å². The third-order valence-corrected chi connectivity index (χ3v) is 6.27. The fourth-order valence-electron chi connectivity index (χ4n) is 4.74. The number of aromatic nitrogens is 2. The highest BCUT2D eigenvalue weighted by molar-refractivity contribution is 6.11. The van der Waals surface area contributed by atoms with E-state index in [9.17, 15) is 14.4 Å². The number of amides is 3. The summed E-state index contributed by atoms with van der Waals surface area (Å²) in [6, 6.07) is 14.7. The van der Waals surface area contributed by atoms with Crippen LogP contribution < -0.4 is 10.2 Å². The zero-order valence-electron chi connectivity index (χ0n) is 17.5. The number of carbonyl (C=O) groups is 3. The molecule has 1 saturated heterocycles. The molecule has 2 aromatic carbocycles. The van der Waals surface area contributed by atoms with Crippen LogP contribution in [0.1, 0.15) is 37.0 Å². The molecule has 0 saturated carbocycles. The van der Waals surface area contributed by atoms with Gasteiger partial charge in [-0.3, -0.25) is 24.6 Å². The van der Waals surface area contributed by atoms with Gasteiger partial charge >= 0.3 is 0 Å². The molecule has 5 rings (SSSR count). The lowest BCUT2D eigenvalue weighted by Crippen LogP contribution is -2.63. The summed E-state index contributed by atoms with van der Waals surface area (Å²) in [4.78, 5) is 46.7. The average Bonchev–Trinajstić information content (AvgIpc) is 3.27. The average molecular weight is 417 g/mol. The summed E-state index contributed by atoms with van der Waals surface area (Å²) in [5.74, 6) is -0.190. The molecule has 1 fully saturated rings. The molecule has 8 nitrogen and oxygen atoms in total. The van der Waals surface area contributed by atoms with E-state index in [1.807, 2.05) is 48.7 Å². The molecule has 0 radical (unpaired) electrons. The van der Waals surface area contributed by atoms with Crippen molar-refractivity contribution in [3.8, 4) is 0 Å². The Hall–Kier alpha value is -3.68. The van der Waals surface area contributed by atoms with Crippen LogP contribution in [0, 0.1) is 0 Å². The molecular formula is C23H23N5O3. The minimum atomic E-state index is -0.870. The summed E-state index contributed by atoms with van der Waals surface area (Å²) in [5.41, 5.74) is 1.90. The van der Waals surface area contributed by atoms with Crippen LogP contribution in [0.4, 0.5) is 11.6 Å². The predicted molar refractivity (Wildman–Crippen MR) is 117 cm³/mol. The van der Waals surface area contributed by atoms with Crippen molar-refractivity contribution in [3.63, 3.8) is 0 Å². The van der Waals surface area contributed by atoms with Crippen LogP contribution in [0.15, 0.2) is 48.5 Å². The molecule has 1 aromatic heterocycles. The molecule has 8 heteroatoms. The van der Waals surface area contributed by atoms with Crippen molar-refractivity contribution in [2.45, 2.75) is 38.9 Å². The van der Waals surface area contributed by atoms with Gasteiger partial charge in [0.05, 0.1) is 22.3 Å². The van der Waals surface area contributed by atoms with Gasteiger partial charge in [0.25, 0.3) is 5.91 Å². The summed E-state index contributed by atoms with van der Waals surface area (Å²) in [6.07, 6.45) is 0.814. The van der Waals surface area contributed by atoms with Crippen molar-refractivity contribution in [1.29, 1.82) is 0 Å². The van der Waals surface area contributed by atoms with Crippen LogP contribution >= 0.6 is 0 Å². The predicted octanol–water partition coefficient (Wildman–Crippen LogP) is 2.99. The molecule has 1 N–H and O–H groups in total. The molecule has 2 aliphatic rings. The number of aryl methyl sites for hydroxylation is 1. The largest absolute Gasteiger partial charge is 0.310 e. The summed E-state index contributed by atoms with van der Waals surface area (Å²) < 4.78 is 1.92. The van der Waals surface area contributed by atoms with Crippen LogP contribution in [0.25, 0.3) is 11.0 Å². The number of imidazole rings is 1. The van der Waals surface area contributed by atoms with Crippen LogP contribution in [0.3, 0.4) is 0 Å². The van der Waals surface area contributed by atoms with Gasteiger partial charge in [-0.1, -0.05) is 24.3 Å². The highest BCUT2D eigenvalue weighted by Crippen LogP contribution is 2.43. The first-order valence-corrected chi connectivity index (χ1v) is 10.4. The van der Waals surface area contributed by atoms with Gasteiger partial charge in [-0.25, -0.2) is 4.98 Å². The Morgan fingerprint density at radius 3 is 2.68 bits per heavy atom. The fraction of sp³-hybridized carbons (Fsp3) is 0.304. The highest BCUT2D eigenvalue weighted by Gasteiger charge is 2.53. The molecule has 0 spiro atoms. The van der Waals surface area contributed by atoms with Crippen molar-refractivity contribution in [2.75, 3.05) is 16.8 Å². The van der Waals surface area contributed by atoms with E-state index in [-0.39, 0.29) is 24.3 Å². The molecule has 1 atom stereocenters. The molecule has 0 aliphatic carbocycles. The van der Waals surface area contributed by atoms with Crippen LogP contribution in [0.2, 0.25) is 0 Å². The van der Waals surface area contributed by atoms with E-state index in [2.05, 4.69) is 10.3 Å². The molecule has 31 heavy (non-hydrogen) atoms. The lowest BCUT2D eigenvalue weighted by atomic mass is 9.98. The molecule has 2 aliphatic heterocycles. The van der Waals surface area contributed by atoms with Crippen molar-refractivity contribution in [1.82, 2.24) is 14.5 Å². The highest BCUT2D eigenvalue weighted by atomic mass is 16.2. The zero-order valence-corrected chi connectivity index (χ0v) is 17.5. The third-order valence-electron chi connectivity index (χ3n) is 6.27. The van der Waals surface area contributed by atoms with Crippen LogP contribution in [0.5, 0.6) is 0 Å². The first-order valence-electron chi connectivity index (χ1n) is 10.4. The van der Waals surface area contributed by atoms with Crippen molar-refractivity contribution in [3.05, 3.63) is 54.1 Å². The van der Waals surface area contributed by atoms with E-state index in [4.69, 9.17) is 0 Å². The Labute approximate surface area is 179 Å². The quantitative estimate of drug-likeness (QED) is 0.707. The number of rotatable bonds is 4. The zero-order chi connectivity index (χ0) is 21.8. The Balaban J connectivity index is 1.46. The van der Waals surface area contributed by atoms with Crippen LogP contribution in [-0.2, 0) is 16.1 Å². The van der Waals surface area contributed by atoms with Gasteiger partial charge < -0.3 is 9.47 Å². The van der Waals surface area contributed by atoms with Gasteiger partial charge in [-0.15, -0.1) is 0 Å². The number of hydrogen-bond donors (Lipinski definition) is 1. The maximum atomic E-state index is 13.3. The summed E-state index contributed by atoms with van der Waals surface area (Å²) in [6.45, 7) is 4.31. The Morgan fingerprint density at radius 1 is 1.13 bits per heavy atom. The summed E-state index contributed by atoms with van der Waals surface area (Å²) in [5, 5.41) is 2.87. The summed E-state index contributed by atoms with van der Waals surface area (Å²) in [7, 11) is 0. The second-order valence-electron chi connectivity index (χ2n) is 8.07. The van der Waals surface area contributed by atoms with Gasteiger partial charge in [0.15, 0.2) is 0 Å². The van der Waals surface area contributed by atoms with Crippen molar-refractivity contribution in [2.24, 2.45) is 0 Å². The smallest absolute Gasteiger partial charge is 0.258 e. The Morgan fingerprint density at radius 2 is 1.87 bits per heavy atom. The SMILES string of the molecule is CCn1c(NC(=O)CN2C(=O)c3ccccc3N3C(=O)CC[C@@]23C)nc2ccccc21. The van der Waals surface area contributed by atoms with Gasteiger partial charge in [-0.05, 0) is 44.5 Å². The number of hydrogen-bond acceptors (Lipinski definition) is 4. The first-order chi connectivity index (χ1) is 14.9. The molecular weight excluding hydrogens is 394 g/mol. The molecule has 3 amide bonds. The van der Waals surface area contributed by atoms with E-state index < -0.39 is 5.66 Å². The number of para-hydroxylation sites is 3. The number of carbonyl (C=O) groups excluding carboxylic acids is 3. The molecule has 0 bridgehead atoms. The molecule has 3 aromatic rings. The normalized spacial score (nSPS) is 20.2. The standard InChI is InChI=1S/C23H23N5O3/c1-3-26-18-11-7-5-9-16(18)24-22(26)25-19(29)14-27-21(31)15-8-4-6-10-17(15)28-20(30)12-13-23(27,28)2/h4-11H,3,12-14H2,1-2H3,(H,24,25,29)/t23-/m0/s1. The monoisotopic (exact) mass is 417 g/mol. The number of benzene rings is 2. The minimum Gasteiger partial charge on any atom is -0.310 e. The Bertz CT molecular complexity index is 1230. The van der Waals surface area contributed by atoms with Crippen molar-refractivity contribution < 1.29 is 14.4 Å². The van der Waals surface area contributed by atoms with Crippen molar-refractivity contribution >= 4 is 40.4 Å². The van der Waals surface area contributed by atoms with E-state index in [1.165, 1.54) is 4.90 Å². The topological polar surface area (TPSA) is 87.5 Å². The number of anilines is 2. The minimum absolute atomic E-state index is 0.0411. The lowest BCUT2D eigenvalue weighted by molar-refractivity contribution is -0.120. The van der Waals surface area contributed by atoms with E-state index in [0.717, 1.165) is 11.0 Å². The van der Waals surface area contributed by atoms with Gasteiger partial charge in [0.2, 0.25) is 17.8 Å². The maximum Gasteiger partial charge on any atom is 0.258 e. The molecule has 0 unspecified atom stereocenters. The number of nitrogens with one attached hydrogen (secondary N) is 1. The van der Waals surface area contributed by atoms with E-state index >= 15 is 0 Å². The lowest BCUT2D eigenvalue weighted by Gasteiger charge is -2.48. The maximum absolute atomic E-state index is 13.3. The molecule has 158 valence electrons. The number of fused-ring (bicyclic) bond motifs is 4. The first kappa shape index (κ1) is 19.3. The van der Waals surface area contributed by atoms with E-state index in [0.29, 0.717) is 36.6 Å². The van der Waals surface area contributed by atoms with E-state index in [1.54, 1.807) is 23.1 Å². The Kier molecular flexibility index (Phi) is 4.32. The second-order valence-corrected chi connectivity index (χ2v) is 8.07. The summed E-state index contributed by atoms with van der Waals surface area (Å²) >= 11 is 0. The number of nitrogens with zero attached hydrogens (tertiary/aromatic N) is 4.